The van der Waals surface area contributed by atoms with Gasteiger partial charge in [-0.3, -0.25) is 0 Å². The van der Waals surface area contributed by atoms with Crippen molar-refractivity contribution in [2.45, 2.75) is 44.7 Å². The van der Waals surface area contributed by atoms with Gasteiger partial charge in [0, 0.05) is 10.5 Å². The standard InChI is InChI=1S/C15H18BrN/c1-3-14(4-2)17-15-8-6-11-9-13(16)7-5-12(11)10-15/h1,5,7,9,14-15,17H,4,6,8,10H2,2H3. The Morgan fingerprint density at radius 1 is 1.53 bits per heavy atom. The molecule has 1 aromatic carbocycles. The normalized spacial score (nSPS) is 20.4. The summed E-state index contributed by atoms with van der Waals surface area (Å²) in [5, 5.41) is 3.56. The summed E-state index contributed by atoms with van der Waals surface area (Å²) in [4.78, 5) is 0. The van der Waals surface area contributed by atoms with E-state index in [0.717, 1.165) is 19.3 Å². The number of benzene rings is 1. The lowest BCUT2D eigenvalue weighted by Gasteiger charge is -2.27. The van der Waals surface area contributed by atoms with E-state index in [0.29, 0.717) is 6.04 Å². The fraction of sp³-hybridized carbons (Fsp3) is 0.467. The van der Waals surface area contributed by atoms with Crippen LogP contribution in [0, 0.1) is 12.3 Å². The molecule has 0 saturated heterocycles. The Morgan fingerprint density at radius 2 is 2.35 bits per heavy atom. The first-order valence-electron chi connectivity index (χ1n) is 6.22. The van der Waals surface area contributed by atoms with Gasteiger partial charge < -0.3 is 5.32 Å². The lowest BCUT2D eigenvalue weighted by atomic mass is 9.88. The van der Waals surface area contributed by atoms with Crippen molar-refractivity contribution in [1.29, 1.82) is 0 Å². The monoisotopic (exact) mass is 291 g/mol. The molecule has 0 radical (unpaired) electrons. The van der Waals surface area contributed by atoms with Crippen LogP contribution < -0.4 is 5.32 Å². The molecule has 1 aliphatic carbocycles. The van der Waals surface area contributed by atoms with Crippen LogP contribution in [0.4, 0.5) is 0 Å². The van der Waals surface area contributed by atoms with Gasteiger partial charge in [0.25, 0.3) is 0 Å². The van der Waals surface area contributed by atoms with Crippen molar-refractivity contribution in [3.05, 3.63) is 33.8 Å². The van der Waals surface area contributed by atoms with Gasteiger partial charge in [0.05, 0.1) is 6.04 Å². The Kier molecular flexibility index (Phi) is 4.25. The van der Waals surface area contributed by atoms with E-state index in [2.05, 4.69) is 52.3 Å². The van der Waals surface area contributed by atoms with Gasteiger partial charge in [0.1, 0.15) is 0 Å². The molecular weight excluding hydrogens is 274 g/mol. The van der Waals surface area contributed by atoms with Crippen molar-refractivity contribution in [3.63, 3.8) is 0 Å². The number of fused-ring (bicyclic) bond motifs is 1. The Labute approximate surface area is 112 Å². The largest absolute Gasteiger partial charge is 0.301 e. The van der Waals surface area contributed by atoms with Gasteiger partial charge in [-0.15, -0.1) is 6.42 Å². The minimum atomic E-state index is 0.219. The maximum Gasteiger partial charge on any atom is 0.0686 e. The Balaban J connectivity index is 2.04. The van der Waals surface area contributed by atoms with E-state index in [9.17, 15) is 0 Å². The van der Waals surface area contributed by atoms with Crippen LogP contribution in [-0.4, -0.2) is 12.1 Å². The van der Waals surface area contributed by atoms with Crippen LogP contribution >= 0.6 is 15.9 Å². The molecule has 17 heavy (non-hydrogen) atoms. The minimum Gasteiger partial charge on any atom is -0.301 e. The predicted molar refractivity (Wildman–Crippen MR) is 76.0 cm³/mol. The summed E-state index contributed by atoms with van der Waals surface area (Å²) in [5.74, 6) is 2.81. The Bertz CT molecular complexity index is 433. The van der Waals surface area contributed by atoms with Crippen LogP contribution in [0.2, 0.25) is 0 Å². The molecule has 0 bridgehead atoms. The molecule has 2 heteroatoms. The molecule has 2 unspecified atom stereocenters. The highest BCUT2D eigenvalue weighted by Crippen LogP contribution is 2.25. The third kappa shape index (κ3) is 3.12. The van der Waals surface area contributed by atoms with Gasteiger partial charge in [0.2, 0.25) is 0 Å². The van der Waals surface area contributed by atoms with Crippen LogP contribution in [0.1, 0.15) is 30.9 Å². The van der Waals surface area contributed by atoms with E-state index >= 15 is 0 Å². The van der Waals surface area contributed by atoms with Crippen molar-refractivity contribution < 1.29 is 0 Å². The Hall–Kier alpha value is -0.780. The fourth-order valence-corrected chi connectivity index (χ4v) is 2.84. The predicted octanol–water partition coefficient (Wildman–Crippen LogP) is 3.31. The third-order valence-corrected chi connectivity index (χ3v) is 3.94. The average Bonchev–Trinajstić information content (AvgIpc) is 2.36. The van der Waals surface area contributed by atoms with Crippen LogP contribution in [0.15, 0.2) is 22.7 Å². The second kappa shape index (κ2) is 5.71. The molecule has 1 N–H and O–H groups in total. The minimum absolute atomic E-state index is 0.219. The van der Waals surface area contributed by atoms with E-state index in [-0.39, 0.29) is 6.04 Å². The van der Waals surface area contributed by atoms with Crippen molar-refractivity contribution in [2.75, 3.05) is 0 Å². The average molecular weight is 292 g/mol. The number of terminal acetylenes is 1. The molecule has 2 rings (SSSR count). The summed E-state index contributed by atoms with van der Waals surface area (Å²) in [5.41, 5.74) is 2.94. The van der Waals surface area contributed by atoms with Crippen LogP contribution in [0.25, 0.3) is 0 Å². The molecule has 0 fully saturated rings. The topological polar surface area (TPSA) is 12.0 Å². The number of nitrogens with one attached hydrogen (secondary N) is 1. The zero-order valence-electron chi connectivity index (χ0n) is 10.2. The van der Waals surface area contributed by atoms with Gasteiger partial charge in [-0.2, -0.15) is 0 Å². The van der Waals surface area contributed by atoms with Gasteiger partial charge in [-0.25, -0.2) is 0 Å². The van der Waals surface area contributed by atoms with Gasteiger partial charge in [-0.1, -0.05) is 34.8 Å². The number of rotatable bonds is 3. The van der Waals surface area contributed by atoms with E-state index < -0.39 is 0 Å². The highest BCUT2D eigenvalue weighted by atomic mass is 79.9. The first-order valence-corrected chi connectivity index (χ1v) is 7.01. The smallest absolute Gasteiger partial charge is 0.0686 e. The summed E-state index contributed by atoms with van der Waals surface area (Å²) >= 11 is 3.53. The van der Waals surface area contributed by atoms with Crippen molar-refractivity contribution in [2.24, 2.45) is 0 Å². The van der Waals surface area contributed by atoms with Crippen molar-refractivity contribution >= 4 is 15.9 Å². The molecule has 0 aliphatic heterocycles. The molecule has 0 heterocycles. The van der Waals surface area contributed by atoms with Crippen LogP contribution in [-0.2, 0) is 12.8 Å². The molecule has 2 atom stereocenters. The van der Waals surface area contributed by atoms with Crippen molar-refractivity contribution in [3.8, 4) is 12.3 Å². The van der Waals surface area contributed by atoms with Gasteiger partial charge in [0.15, 0.2) is 0 Å². The van der Waals surface area contributed by atoms with E-state index in [1.807, 2.05) is 0 Å². The number of aryl methyl sites for hydroxylation is 1. The maximum atomic E-state index is 5.50. The zero-order chi connectivity index (χ0) is 12.3. The van der Waals surface area contributed by atoms with Crippen LogP contribution in [0.3, 0.4) is 0 Å². The molecule has 0 saturated carbocycles. The highest BCUT2D eigenvalue weighted by Gasteiger charge is 2.20. The third-order valence-electron chi connectivity index (χ3n) is 3.44. The molecule has 0 aromatic heterocycles. The molecule has 1 aliphatic rings. The lowest BCUT2D eigenvalue weighted by Crippen LogP contribution is -2.40. The second-order valence-corrected chi connectivity index (χ2v) is 5.56. The SMILES string of the molecule is C#CC(CC)NC1CCc2cc(Br)ccc2C1. The molecular formula is C15H18BrN. The maximum absolute atomic E-state index is 5.50. The number of hydrogen-bond donors (Lipinski definition) is 1. The molecule has 0 amide bonds. The summed E-state index contributed by atoms with van der Waals surface area (Å²) in [6.45, 7) is 2.13. The molecule has 0 spiro atoms. The number of halogens is 1. The Morgan fingerprint density at radius 3 is 3.06 bits per heavy atom. The van der Waals surface area contributed by atoms with Crippen molar-refractivity contribution in [1.82, 2.24) is 5.32 Å². The summed E-state index contributed by atoms with van der Waals surface area (Å²) in [6.07, 6.45) is 9.92. The highest BCUT2D eigenvalue weighted by molar-refractivity contribution is 9.10. The summed E-state index contributed by atoms with van der Waals surface area (Å²) in [7, 11) is 0. The number of hydrogen-bond acceptors (Lipinski definition) is 1. The van der Waals surface area contributed by atoms with Crippen LogP contribution in [0.5, 0.6) is 0 Å². The zero-order valence-corrected chi connectivity index (χ0v) is 11.8. The quantitative estimate of drug-likeness (QED) is 0.843. The first-order chi connectivity index (χ1) is 8.22. The summed E-state index contributed by atoms with van der Waals surface area (Å²) < 4.78 is 1.18. The second-order valence-electron chi connectivity index (χ2n) is 4.65. The fourth-order valence-electron chi connectivity index (χ4n) is 2.43. The molecule has 1 nitrogen and oxygen atoms in total. The van der Waals surface area contributed by atoms with E-state index in [1.165, 1.54) is 22.0 Å². The molecule has 90 valence electrons. The van der Waals surface area contributed by atoms with Gasteiger partial charge in [-0.05, 0) is 48.9 Å². The first kappa shape index (κ1) is 12.7. The summed E-state index contributed by atoms with van der Waals surface area (Å²) in [6, 6.07) is 7.34. The van der Waals surface area contributed by atoms with E-state index in [1.54, 1.807) is 0 Å². The van der Waals surface area contributed by atoms with Gasteiger partial charge >= 0.3 is 0 Å². The lowest BCUT2D eigenvalue weighted by molar-refractivity contribution is 0.426. The molecule has 1 aromatic rings. The van der Waals surface area contributed by atoms with E-state index in [4.69, 9.17) is 6.42 Å².